The highest BCUT2D eigenvalue weighted by Crippen LogP contribution is 2.28. The van der Waals surface area contributed by atoms with E-state index >= 15 is 0 Å². The highest BCUT2D eigenvalue weighted by molar-refractivity contribution is 5.94. The van der Waals surface area contributed by atoms with Crippen LogP contribution in [0.2, 0.25) is 0 Å². The van der Waals surface area contributed by atoms with Crippen molar-refractivity contribution in [3.05, 3.63) is 77.1 Å². The van der Waals surface area contributed by atoms with Gasteiger partial charge in [0.2, 0.25) is 0 Å². The number of carbonyl (C=O) groups excluding carboxylic acids is 1. The van der Waals surface area contributed by atoms with E-state index in [1.807, 2.05) is 36.4 Å². The Kier molecular flexibility index (Phi) is 5.57. The summed E-state index contributed by atoms with van der Waals surface area (Å²) >= 11 is 0. The second kappa shape index (κ2) is 8.46. The Labute approximate surface area is 173 Å². The Morgan fingerprint density at radius 2 is 1.93 bits per heavy atom. The second-order valence-electron chi connectivity index (χ2n) is 7.26. The number of nitriles is 1. The van der Waals surface area contributed by atoms with E-state index in [0.717, 1.165) is 43.1 Å². The molecule has 30 heavy (non-hydrogen) atoms. The normalized spacial score (nSPS) is 14.3. The first-order valence-corrected chi connectivity index (χ1v) is 9.88. The van der Waals surface area contributed by atoms with Gasteiger partial charge >= 0.3 is 0 Å². The van der Waals surface area contributed by atoms with Crippen molar-refractivity contribution >= 4 is 5.91 Å². The van der Waals surface area contributed by atoms with E-state index in [1.165, 1.54) is 6.07 Å². The summed E-state index contributed by atoms with van der Waals surface area (Å²) in [4.78, 5) is 17.7. The highest BCUT2D eigenvalue weighted by Gasteiger charge is 2.27. The molecule has 1 atom stereocenters. The monoisotopic (exact) mass is 406 g/mol. The minimum atomic E-state index is -1.25. The first-order chi connectivity index (χ1) is 14.6. The number of rotatable bonds is 4. The topological polar surface area (TPSA) is 70.7 Å². The SMILES string of the molecule is N#CC(NC(=O)c1nc(-c2ccccc2)n2c1CCCCC2)c1ccc(F)cc1F. The van der Waals surface area contributed by atoms with Gasteiger partial charge in [-0.1, -0.05) is 42.8 Å². The molecule has 1 aliphatic heterocycles. The number of halogens is 2. The number of nitrogens with zero attached hydrogens (tertiary/aromatic N) is 3. The first kappa shape index (κ1) is 19.8. The molecule has 1 N–H and O–H groups in total. The number of fused-ring (bicyclic) bond motifs is 1. The molecule has 0 fully saturated rings. The van der Waals surface area contributed by atoms with Crippen LogP contribution in [0.15, 0.2) is 48.5 Å². The van der Waals surface area contributed by atoms with E-state index in [9.17, 15) is 18.8 Å². The van der Waals surface area contributed by atoms with Gasteiger partial charge in [0.1, 0.15) is 29.2 Å². The summed E-state index contributed by atoms with van der Waals surface area (Å²) in [6, 6.07) is 13.2. The van der Waals surface area contributed by atoms with Crippen LogP contribution in [-0.4, -0.2) is 15.5 Å². The number of carbonyl (C=O) groups is 1. The van der Waals surface area contributed by atoms with Crippen LogP contribution in [0, 0.1) is 23.0 Å². The van der Waals surface area contributed by atoms with Crippen LogP contribution >= 0.6 is 0 Å². The average Bonchev–Trinajstić information content (AvgIpc) is 2.94. The van der Waals surface area contributed by atoms with Gasteiger partial charge in [0.25, 0.3) is 5.91 Å². The molecule has 4 rings (SSSR count). The van der Waals surface area contributed by atoms with Crippen molar-refractivity contribution in [3.8, 4) is 17.5 Å². The fourth-order valence-electron chi connectivity index (χ4n) is 3.82. The molecule has 0 spiro atoms. The van der Waals surface area contributed by atoms with Gasteiger partial charge in [0, 0.05) is 23.7 Å². The molecule has 1 aliphatic rings. The fraction of sp³-hybridized carbons (Fsp3) is 0.261. The maximum Gasteiger partial charge on any atom is 0.273 e. The molecule has 2 aromatic carbocycles. The smallest absolute Gasteiger partial charge is 0.273 e. The molecule has 1 unspecified atom stereocenters. The third-order valence-electron chi connectivity index (χ3n) is 5.29. The molecular formula is C23H20F2N4O. The summed E-state index contributed by atoms with van der Waals surface area (Å²) in [5.74, 6) is -1.46. The predicted octanol–water partition coefficient (Wildman–Crippen LogP) is 4.55. The Balaban J connectivity index is 1.70. The van der Waals surface area contributed by atoms with Crippen LogP contribution in [0.3, 0.4) is 0 Å². The summed E-state index contributed by atoms with van der Waals surface area (Å²) in [6.07, 6.45) is 3.68. The van der Waals surface area contributed by atoms with Gasteiger partial charge in [-0.25, -0.2) is 13.8 Å². The van der Waals surface area contributed by atoms with Crippen LogP contribution in [0.4, 0.5) is 8.78 Å². The van der Waals surface area contributed by atoms with Gasteiger partial charge in [-0.15, -0.1) is 0 Å². The molecule has 152 valence electrons. The quantitative estimate of drug-likeness (QED) is 0.691. The number of aromatic nitrogens is 2. The van der Waals surface area contributed by atoms with Crippen LogP contribution in [-0.2, 0) is 13.0 Å². The lowest BCUT2D eigenvalue weighted by Crippen LogP contribution is -2.29. The van der Waals surface area contributed by atoms with Crippen molar-refractivity contribution in [3.63, 3.8) is 0 Å². The largest absolute Gasteiger partial charge is 0.331 e. The van der Waals surface area contributed by atoms with Crippen LogP contribution in [0.5, 0.6) is 0 Å². The van der Waals surface area contributed by atoms with Crippen molar-refractivity contribution in [2.24, 2.45) is 0 Å². The molecular weight excluding hydrogens is 386 g/mol. The van der Waals surface area contributed by atoms with Crippen molar-refractivity contribution in [2.75, 3.05) is 0 Å². The molecule has 0 saturated carbocycles. The van der Waals surface area contributed by atoms with Crippen molar-refractivity contribution in [1.29, 1.82) is 5.26 Å². The summed E-state index contributed by atoms with van der Waals surface area (Å²) in [5.41, 5.74) is 1.89. The van der Waals surface area contributed by atoms with Gasteiger partial charge in [-0.05, 0) is 25.3 Å². The maximum absolute atomic E-state index is 14.1. The van der Waals surface area contributed by atoms with Crippen LogP contribution in [0.25, 0.3) is 11.4 Å². The molecule has 3 aromatic rings. The van der Waals surface area contributed by atoms with Crippen molar-refractivity contribution in [1.82, 2.24) is 14.9 Å². The van der Waals surface area contributed by atoms with E-state index in [0.29, 0.717) is 18.3 Å². The van der Waals surface area contributed by atoms with Crippen molar-refractivity contribution in [2.45, 2.75) is 38.3 Å². The zero-order valence-corrected chi connectivity index (χ0v) is 16.2. The van der Waals surface area contributed by atoms with Gasteiger partial charge in [0.15, 0.2) is 0 Å². The molecule has 0 radical (unpaired) electrons. The third kappa shape index (κ3) is 3.81. The summed E-state index contributed by atoms with van der Waals surface area (Å²) in [7, 11) is 0. The number of benzene rings is 2. The third-order valence-corrected chi connectivity index (χ3v) is 5.29. The van der Waals surface area contributed by atoms with E-state index in [-0.39, 0.29) is 11.3 Å². The van der Waals surface area contributed by atoms with E-state index in [2.05, 4.69) is 14.9 Å². The standard InChI is InChI=1S/C23H20F2N4O/c24-16-10-11-17(18(25)13-16)19(14-26)27-23(30)21-20-9-5-2-6-12-29(20)22(28-21)15-7-3-1-4-8-15/h1,3-4,7-8,10-11,13,19H,2,5-6,9,12H2,(H,27,30). The average molecular weight is 406 g/mol. The summed E-state index contributed by atoms with van der Waals surface area (Å²) in [6.45, 7) is 0.758. The zero-order chi connectivity index (χ0) is 21.1. The van der Waals surface area contributed by atoms with Gasteiger partial charge in [-0.3, -0.25) is 4.79 Å². The number of hydrogen-bond donors (Lipinski definition) is 1. The second-order valence-corrected chi connectivity index (χ2v) is 7.26. The number of imidazole rings is 1. The van der Waals surface area contributed by atoms with Crippen molar-refractivity contribution < 1.29 is 13.6 Å². The van der Waals surface area contributed by atoms with Crippen LogP contribution < -0.4 is 5.32 Å². The van der Waals surface area contributed by atoms with E-state index in [1.54, 1.807) is 0 Å². The molecule has 1 amide bonds. The number of hydrogen-bond acceptors (Lipinski definition) is 3. The van der Waals surface area contributed by atoms with E-state index in [4.69, 9.17) is 0 Å². The Hall–Kier alpha value is -3.53. The Morgan fingerprint density at radius 1 is 1.13 bits per heavy atom. The zero-order valence-electron chi connectivity index (χ0n) is 16.2. The van der Waals surface area contributed by atoms with Gasteiger partial charge < -0.3 is 9.88 Å². The molecule has 2 heterocycles. The summed E-state index contributed by atoms with van der Waals surface area (Å²) in [5, 5.41) is 12.0. The Bertz CT molecular complexity index is 1120. The van der Waals surface area contributed by atoms with E-state index < -0.39 is 23.6 Å². The number of amides is 1. The molecule has 0 aliphatic carbocycles. The lowest BCUT2D eigenvalue weighted by atomic mass is 10.1. The molecule has 5 nitrogen and oxygen atoms in total. The lowest BCUT2D eigenvalue weighted by Gasteiger charge is -2.13. The maximum atomic E-state index is 14.1. The van der Waals surface area contributed by atoms with Gasteiger partial charge in [-0.2, -0.15) is 5.26 Å². The van der Waals surface area contributed by atoms with Gasteiger partial charge in [0.05, 0.1) is 11.8 Å². The summed E-state index contributed by atoms with van der Waals surface area (Å²) < 4.78 is 29.4. The predicted molar refractivity (Wildman–Crippen MR) is 107 cm³/mol. The lowest BCUT2D eigenvalue weighted by molar-refractivity contribution is 0.0939. The minimum Gasteiger partial charge on any atom is -0.331 e. The van der Waals surface area contributed by atoms with Crippen LogP contribution in [0.1, 0.15) is 47.1 Å². The number of nitrogens with one attached hydrogen (secondary N) is 1. The minimum absolute atomic E-state index is 0.0826. The molecule has 0 bridgehead atoms. The highest BCUT2D eigenvalue weighted by atomic mass is 19.1. The molecule has 1 aromatic heterocycles. The molecule has 0 saturated heterocycles. The Morgan fingerprint density at radius 3 is 2.67 bits per heavy atom. The first-order valence-electron chi connectivity index (χ1n) is 9.88. The fourth-order valence-corrected chi connectivity index (χ4v) is 3.82. The molecule has 7 heteroatoms.